The minimum atomic E-state index is -4.28. The van der Waals surface area contributed by atoms with Gasteiger partial charge in [-0.3, -0.25) is 0 Å². The van der Waals surface area contributed by atoms with Crippen LogP contribution in [-0.2, 0) is 3.07 Å². The van der Waals surface area contributed by atoms with Gasteiger partial charge in [0.05, 0.1) is 0 Å². The quantitative estimate of drug-likeness (QED) is 0.324. The summed E-state index contributed by atoms with van der Waals surface area (Å²) in [5.74, 6) is -4.24. The van der Waals surface area contributed by atoms with Crippen LogP contribution in [0.1, 0.15) is 5.56 Å². The summed E-state index contributed by atoms with van der Waals surface area (Å²) in [4.78, 5) is 0. The molecule has 98 valence electrons. The summed E-state index contributed by atoms with van der Waals surface area (Å²) >= 11 is -3.85. The second-order valence-corrected chi connectivity index (χ2v) is 7.93. The Kier molecular flexibility index (Phi) is 3.16. The topological polar surface area (TPSA) is 9.23 Å². The maximum atomic E-state index is 13.8. The molecule has 0 N–H and O–H groups in total. The molecular weight excluding hydrogens is 363 g/mol. The first-order chi connectivity index (χ1) is 8.31. The number of hydrogen-bond acceptors (Lipinski definition) is 1. The molecule has 0 atom stereocenters. The van der Waals surface area contributed by atoms with Crippen LogP contribution in [0.25, 0.3) is 5.76 Å². The van der Waals surface area contributed by atoms with Crippen molar-refractivity contribution in [3.63, 3.8) is 0 Å². The molecule has 0 unspecified atom stereocenters. The van der Waals surface area contributed by atoms with Crippen molar-refractivity contribution in [3.8, 4) is 0 Å². The summed E-state index contributed by atoms with van der Waals surface area (Å²) < 4.78 is 55.1. The van der Waals surface area contributed by atoms with Gasteiger partial charge in [0.15, 0.2) is 0 Å². The normalized spacial score (nSPS) is 17.3. The molecule has 1 aromatic rings. The summed E-state index contributed by atoms with van der Waals surface area (Å²) in [7, 11) is 0. The van der Waals surface area contributed by atoms with Crippen LogP contribution in [0, 0.1) is 3.57 Å². The van der Waals surface area contributed by atoms with E-state index in [2.05, 4.69) is 13.2 Å². The molecule has 1 heterocycles. The summed E-state index contributed by atoms with van der Waals surface area (Å²) in [5.41, 5.74) is 0.391. The zero-order valence-corrected chi connectivity index (χ0v) is 11.3. The summed E-state index contributed by atoms with van der Waals surface area (Å²) in [5, 5.41) is 0. The minimum absolute atomic E-state index is 0.0302. The number of hydrogen-bond donors (Lipinski definition) is 0. The Hall–Kier alpha value is -1.05. The molecule has 0 radical (unpaired) electrons. The van der Waals surface area contributed by atoms with E-state index in [0.717, 1.165) is 0 Å². The number of benzene rings is 1. The van der Waals surface area contributed by atoms with Gasteiger partial charge in [-0.15, -0.1) is 0 Å². The fraction of sp³-hybridized carbons (Fsp3) is 0.167. The van der Waals surface area contributed by atoms with Crippen molar-refractivity contribution in [2.24, 2.45) is 0 Å². The van der Waals surface area contributed by atoms with Crippen molar-refractivity contribution in [2.45, 2.75) is 9.85 Å². The summed E-state index contributed by atoms with van der Waals surface area (Å²) in [6.45, 7) is 6.24. The first kappa shape index (κ1) is 13.4. The van der Waals surface area contributed by atoms with Gasteiger partial charge in [0.25, 0.3) is 0 Å². The molecule has 2 rings (SSSR count). The molecule has 0 saturated carbocycles. The molecule has 0 spiro atoms. The first-order valence-electron chi connectivity index (χ1n) is 4.87. The Morgan fingerprint density at radius 3 is 2.39 bits per heavy atom. The monoisotopic (exact) mass is 372 g/mol. The number of allylic oxidation sites excluding steroid dienone is 1. The number of rotatable bonds is 3. The average molecular weight is 372 g/mol. The van der Waals surface area contributed by atoms with Crippen molar-refractivity contribution < 1.29 is 20.6 Å². The van der Waals surface area contributed by atoms with E-state index in [9.17, 15) is 17.6 Å². The second kappa shape index (κ2) is 4.25. The molecule has 6 heteroatoms. The van der Waals surface area contributed by atoms with Crippen LogP contribution in [-0.4, -0.2) is 9.85 Å². The number of fused-ring (bicyclic) bond motifs is 1. The van der Waals surface area contributed by atoms with Crippen LogP contribution in [0.3, 0.4) is 0 Å². The Bertz CT molecular complexity index is 513. The molecule has 0 aliphatic carbocycles. The van der Waals surface area contributed by atoms with Crippen LogP contribution in [0.15, 0.2) is 43.5 Å². The van der Waals surface area contributed by atoms with Crippen molar-refractivity contribution in [1.29, 1.82) is 0 Å². The number of alkyl halides is 5. The van der Waals surface area contributed by atoms with Gasteiger partial charge < -0.3 is 0 Å². The Balaban J connectivity index is 2.49. The van der Waals surface area contributed by atoms with E-state index < -0.39 is 30.1 Å². The van der Waals surface area contributed by atoms with Crippen LogP contribution in [0.4, 0.5) is 17.6 Å². The van der Waals surface area contributed by atoms with Crippen molar-refractivity contribution in [3.05, 3.63) is 52.6 Å². The van der Waals surface area contributed by atoms with E-state index in [1.165, 1.54) is 18.2 Å². The van der Waals surface area contributed by atoms with E-state index in [1.807, 2.05) is 0 Å². The third kappa shape index (κ3) is 1.82. The predicted octanol–water partition coefficient (Wildman–Crippen LogP) is 4.69. The van der Waals surface area contributed by atoms with Gasteiger partial charge in [-0.1, -0.05) is 0 Å². The Labute approximate surface area is 109 Å². The average Bonchev–Trinajstić information content (AvgIpc) is 2.68. The molecule has 0 bridgehead atoms. The molecule has 18 heavy (non-hydrogen) atoms. The Morgan fingerprint density at radius 2 is 1.78 bits per heavy atom. The van der Waals surface area contributed by atoms with E-state index in [-0.39, 0.29) is 15.4 Å². The molecule has 0 amide bonds. The van der Waals surface area contributed by atoms with E-state index in [4.69, 9.17) is 3.07 Å². The van der Waals surface area contributed by atoms with Gasteiger partial charge in [0, 0.05) is 0 Å². The molecule has 1 nitrogen and oxygen atoms in total. The van der Waals surface area contributed by atoms with Gasteiger partial charge in [-0.25, -0.2) is 0 Å². The fourth-order valence-corrected chi connectivity index (χ4v) is 5.85. The van der Waals surface area contributed by atoms with Gasteiger partial charge in [0.1, 0.15) is 0 Å². The molecule has 0 fully saturated rings. The second-order valence-electron chi connectivity index (χ2n) is 3.55. The SMILES string of the molecule is C=CC(F)(F)C(F)(F)I1OC(=C)c2ccccc21. The number of halogens is 5. The van der Waals surface area contributed by atoms with Crippen molar-refractivity contribution >= 4 is 26.0 Å². The first-order valence-corrected chi connectivity index (χ1v) is 7.91. The van der Waals surface area contributed by atoms with Gasteiger partial charge in [0.2, 0.25) is 0 Å². The molecule has 1 aliphatic rings. The van der Waals surface area contributed by atoms with E-state index in [0.29, 0.717) is 5.56 Å². The molecular formula is C12H9F4IO. The van der Waals surface area contributed by atoms with Crippen LogP contribution < -0.4 is 0 Å². The van der Waals surface area contributed by atoms with Gasteiger partial charge in [-0.2, -0.15) is 0 Å². The fourth-order valence-electron chi connectivity index (χ4n) is 1.42. The van der Waals surface area contributed by atoms with Gasteiger partial charge in [-0.05, 0) is 0 Å². The standard InChI is InChI=1S/C12H9F4IO/c1-3-11(13,14)12(15,16)17-10-7-5-4-6-9(10)8(2)18-17/h3-7H,1-2H2. The van der Waals surface area contributed by atoms with Crippen molar-refractivity contribution in [2.75, 3.05) is 0 Å². The molecule has 0 aromatic heterocycles. The van der Waals surface area contributed by atoms with Gasteiger partial charge >= 0.3 is 109 Å². The molecule has 0 saturated heterocycles. The molecule has 1 aliphatic heterocycles. The van der Waals surface area contributed by atoms with E-state index in [1.54, 1.807) is 6.07 Å². The third-order valence-corrected chi connectivity index (χ3v) is 7.30. The predicted molar refractivity (Wildman–Crippen MR) is 69.4 cm³/mol. The molecule has 1 aromatic carbocycles. The Morgan fingerprint density at radius 1 is 1.17 bits per heavy atom. The van der Waals surface area contributed by atoms with E-state index >= 15 is 0 Å². The summed E-state index contributed by atoms with van der Waals surface area (Å²) in [6, 6.07) is 6.08. The summed E-state index contributed by atoms with van der Waals surface area (Å²) in [6.07, 6.45) is -0.0302. The van der Waals surface area contributed by atoms with Crippen LogP contribution in [0.5, 0.6) is 0 Å². The van der Waals surface area contributed by atoms with Crippen LogP contribution in [0.2, 0.25) is 0 Å². The van der Waals surface area contributed by atoms with Crippen LogP contribution >= 0.6 is 20.2 Å². The van der Waals surface area contributed by atoms with Crippen molar-refractivity contribution in [1.82, 2.24) is 0 Å². The zero-order chi connectivity index (χ0) is 13.6. The maximum absolute atomic E-state index is 13.8. The zero-order valence-electron chi connectivity index (χ0n) is 9.10. The third-order valence-electron chi connectivity index (χ3n) is 2.38.